The summed E-state index contributed by atoms with van der Waals surface area (Å²) in [7, 11) is -12.4. The Morgan fingerprint density at radius 3 is 2.08 bits per heavy atom. The van der Waals surface area contributed by atoms with Gasteiger partial charge in [-0.2, -0.15) is 5.10 Å². The van der Waals surface area contributed by atoms with Crippen LogP contribution in [0.15, 0.2) is 62.5 Å². The van der Waals surface area contributed by atoms with Gasteiger partial charge in [0.2, 0.25) is 10.4 Å². The molecule has 0 unspecified atom stereocenters. The number of nitrogens with two attached hydrogens (primary N) is 1. The molecule has 1 aromatic heterocycles. The minimum atomic E-state index is -5.05. The van der Waals surface area contributed by atoms with Crippen LogP contribution in [0.25, 0.3) is 5.69 Å². The Morgan fingerprint density at radius 2 is 1.54 bits per heavy atom. The third-order valence-corrected chi connectivity index (χ3v) is 7.76. The molecule has 0 aliphatic rings. The molecule has 2 aromatic carbocycles. The topological polar surface area (TPSA) is 236 Å². The first-order valence-corrected chi connectivity index (χ1v) is 14.4. The Labute approximate surface area is 269 Å². The van der Waals surface area contributed by atoms with Gasteiger partial charge < -0.3 is 19.6 Å². The van der Waals surface area contributed by atoms with Crippen molar-refractivity contribution >= 4 is 47.5 Å². The largest absolute Gasteiger partial charge is 1.00 e. The van der Waals surface area contributed by atoms with E-state index in [-0.39, 0.29) is 87.0 Å². The third kappa shape index (κ3) is 9.30. The fourth-order valence-corrected chi connectivity index (χ4v) is 4.99. The van der Waals surface area contributed by atoms with Crippen LogP contribution in [0.2, 0.25) is 0 Å². The van der Waals surface area contributed by atoms with Crippen LogP contribution in [0.4, 0.5) is 17.2 Å². The van der Waals surface area contributed by atoms with Crippen LogP contribution < -0.4 is 69.6 Å². The van der Waals surface area contributed by atoms with Crippen LogP contribution in [-0.2, 0) is 34.5 Å². The maximum atomic E-state index is 12.5. The molecule has 3 aromatic rings. The van der Waals surface area contributed by atoms with E-state index in [0.717, 1.165) is 18.2 Å². The summed E-state index contributed by atoms with van der Waals surface area (Å²) in [6.45, 7) is 0.702. The number of methoxy groups -OCH3 is 1. The SMILES string of the molecule is COc1ccc(S(=O)(=O)CCOS(=O)(=O)[O-])cc1N=Nc1c(C)nn(-c2ccc(S(=O)(=O)[O-])cc2)c1N.[Na+].[Na+]. The number of ether oxygens (including phenoxy) is 1. The monoisotopic (exact) mass is 619 g/mol. The van der Waals surface area contributed by atoms with Crippen molar-refractivity contribution in [1.29, 1.82) is 0 Å². The first-order valence-electron chi connectivity index (χ1n) is 9.96. The molecular formula is C19H19N5Na2O10S3. The van der Waals surface area contributed by atoms with Gasteiger partial charge >= 0.3 is 59.1 Å². The molecule has 0 radical (unpaired) electrons. The molecule has 0 atom stereocenters. The number of hydrogen-bond donors (Lipinski definition) is 1. The number of nitrogens with zero attached hydrogens (tertiary/aromatic N) is 4. The summed E-state index contributed by atoms with van der Waals surface area (Å²) in [6.07, 6.45) is 0. The number of nitrogen functional groups attached to an aromatic ring is 1. The number of aryl methyl sites for hydroxylation is 1. The second kappa shape index (κ2) is 14.0. The van der Waals surface area contributed by atoms with E-state index in [1.54, 1.807) is 6.92 Å². The molecule has 0 spiro atoms. The second-order valence-electron chi connectivity index (χ2n) is 7.26. The van der Waals surface area contributed by atoms with Gasteiger partial charge in [0.25, 0.3) is 0 Å². The van der Waals surface area contributed by atoms with Gasteiger partial charge in [0, 0.05) is 0 Å². The molecule has 2 N–H and O–H groups in total. The molecule has 0 aliphatic carbocycles. The molecule has 20 heteroatoms. The summed E-state index contributed by atoms with van der Waals surface area (Å²) in [5.74, 6) is -0.625. The molecule has 1 heterocycles. The summed E-state index contributed by atoms with van der Waals surface area (Å²) in [4.78, 5) is -0.690. The summed E-state index contributed by atoms with van der Waals surface area (Å²) in [6, 6.07) is 8.48. The molecule has 0 fully saturated rings. The smallest absolute Gasteiger partial charge is 0.744 e. The van der Waals surface area contributed by atoms with Crippen LogP contribution >= 0.6 is 0 Å². The molecular weight excluding hydrogens is 600 g/mol. The van der Waals surface area contributed by atoms with Crippen molar-refractivity contribution in [3.8, 4) is 11.4 Å². The normalized spacial score (nSPS) is 12.1. The molecule has 0 aliphatic heterocycles. The van der Waals surface area contributed by atoms with E-state index in [0.29, 0.717) is 11.4 Å². The van der Waals surface area contributed by atoms with E-state index in [9.17, 15) is 34.4 Å². The quantitative estimate of drug-likeness (QED) is 0.0976. The second-order valence-corrected chi connectivity index (χ2v) is 11.8. The van der Waals surface area contributed by atoms with E-state index in [1.807, 2.05) is 0 Å². The molecule has 0 amide bonds. The van der Waals surface area contributed by atoms with Crippen molar-refractivity contribution in [2.45, 2.75) is 16.7 Å². The summed E-state index contributed by atoms with van der Waals surface area (Å²) in [5, 5.41) is 12.3. The summed E-state index contributed by atoms with van der Waals surface area (Å²) in [5.41, 5.74) is 6.89. The minimum Gasteiger partial charge on any atom is -0.744 e. The van der Waals surface area contributed by atoms with Gasteiger partial charge in [-0.15, -0.1) is 10.2 Å². The van der Waals surface area contributed by atoms with Crippen molar-refractivity contribution in [2.75, 3.05) is 25.2 Å². The Hall–Kier alpha value is -1.42. The van der Waals surface area contributed by atoms with Crippen LogP contribution in [0.1, 0.15) is 5.69 Å². The number of hydrogen-bond acceptors (Lipinski definition) is 14. The third-order valence-electron chi connectivity index (χ3n) is 4.78. The van der Waals surface area contributed by atoms with Gasteiger partial charge in [0.1, 0.15) is 21.6 Å². The van der Waals surface area contributed by atoms with Crippen molar-refractivity contribution in [2.24, 2.45) is 10.2 Å². The standard InChI is InChI=1S/C19H21N5O10S3.2Na/c1-12-18(19(20)24(23-12)13-3-5-14(6-4-13)36(27,28)29)22-21-16-11-15(7-8-17(16)33-2)35(25,26)10-9-34-37(30,31)32;;/h3-8,11H,9-10,20H2,1-2H3,(H,27,28,29)(H,30,31,32);;/q;2*+1/p-2. The molecule has 200 valence electrons. The zero-order valence-corrected chi connectivity index (χ0v) is 27.6. The fraction of sp³-hybridized carbons (Fsp3) is 0.211. The maximum Gasteiger partial charge on any atom is 1.00 e. The molecule has 0 saturated carbocycles. The number of sulfone groups is 1. The average Bonchev–Trinajstić information content (AvgIpc) is 3.09. The molecule has 0 saturated heterocycles. The zero-order chi connectivity index (χ0) is 27.6. The minimum absolute atomic E-state index is 0. The van der Waals surface area contributed by atoms with Gasteiger partial charge in [-0.1, -0.05) is 0 Å². The van der Waals surface area contributed by atoms with Crippen LogP contribution in [-0.4, -0.2) is 63.6 Å². The first kappa shape index (κ1) is 35.6. The van der Waals surface area contributed by atoms with E-state index < -0.39 is 47.6 Å². The van der Waals surface area contributed by atoms with E-state index in [4.69, 9.17) is 10.5 Å². The maximum absolute atomic E-state index is 12.5. The fourth-order valence-electron chi connectivity index (χ4n) is 3.02. The van der Waals surface area contributed by atoms with Gasteiger partial charge in [0.05, 0.1) is 40.6 Å². The van der Waals surface area contributed by atoms with E-state index in [1.165, 1.54) is 36.1 Å². The van der Waals surface area contributed by atoms with Crippen molar-refractivity contribution < 1.29 is 102 Å². The molecule has 15 nitrogen and oxygen atoms in total. The molecule has 0 bridgehead atoms. The number of aromatic nitrogens is 2. The van der Waals surface area contributed by atoms with Crippen molar-refractivity contribution in [1.82, 2.24) is 9.78 Å². The number of anilines is 1. The number of azo groups is 1. The van der Waals surface area contributed by atoms with Crippen LogP contribution in [0.5, 0.6) is 5.75 Å². The summed E-state index contributed by atoms with van der Waals surface area (Å²) >= 11 is 0. The zero-order valence-electron chi connectivity index (χ0n) is 21.1. The van der Waals surface area contributed by atoms with E-state index >= 15 is 0 Å². The number of benzene rings is 2. The predicted octanol–water partition coefficient (Wildman–Crippen LogP) is -4.65. The van der Waals surface area contributed by atoms with E-state index in [2.05, 4.69) is 19.5 Å². The average molecular weight is 620 g/mol. The first-order chi connectivity index (χ1) is 17.1. The molecule has 3 rings (SSSR count). The van der Waals surface area contributed by atoms with Gasteiger partial charge in [0.15, 0.2) is 21.3 Å². The predicted molar refractivity (Wildman–Crippen MR) is 126 cm³/mol. The molecule has 39 heavy (non-hydrogen) atoms. The van der Waals surface area contributed by atoms with Gasteiger partial charge in [-0.25, -0.2) is 29.9 Å². The number of rotatable bonds is 10. The van der Waals surface area contributed by atoms with Crippen LogP contribution in [0, 0.1) is 6.92 Å². The van der Waals surface area contributed by atoms with Crippen LogP contribution in [0.3, 0.4) is 0 Å². The Balaban J connectivity index is 0.00000380. The Kier molecular flexibility index (Phi) is 12.8. The van der Waals surface area contributed by atoms with Crippen molar-refractivity contribution in [3.05, 3.63) is 48.2 Å². The summed E-state index contributed by atoms with van der Waals surface area (Å²) < 4.78 is 100. The Morgan fingerprint density at radius 1 is 0.949 bits per heavy atom. The van der Waals surface area contributed by atoms with Gasteiger partial charge in [-0.05, 0) is 49.4 Å². The Bertz CT molecular complexity index is 1680. The van der Waals surface area contributed by atoms with Gasteiger partial charge in [-0.3, -0.25) is 4.18 Å². The van der Waals surface area contributed by atoms with Crippen molar-refractivity contribution in [3.63, 3.8) is 0 Å².